The highest BCUT2D eigenvalue weighted by atomic mass is 35.5. The molecule has 1 amide bonds. The van der Waals surface area contributed by atoms with Gasteiger partial charge in [-0.25, -0.2) is 0 Å². The molecule has 1 atom stereocenters. The molecule has 0 aliphatic heterocycles. The van der Waals surface area contributed by atoms with Gasteiger partial charge in [0.15, 0.2) is 0 Å². The Morgan fingerprint density at radius 2 is 1.88 bits per heavy atom. The van der Waals surface area contributed by atoms with Gasteiger partial charge in [-0.05, 0) is 29.7 Å². The van der Waals surface area contributed by atoms with E-state index >= 15 is 0 Å². The van der Waals surface area contributed by atoms with Gasteiger partial charge < -0.3 is 15.8 Å². The molecule has 2 aromatic carbocycles. The topological polar surface area (TPSA) is 64.3 Å². The maximum absolute atomic E-state index is 13.1. The summed E-state index contributed by atoms with van der Waals surface area (Å²) in [6.07, 6.45) is -4.57. The molecule has 8 heteroatoms. The van der Waals surface area contributed by atoms with Crippen LogP contribution in [0.25, 0.3) is 0 Å². The summed E-state index contributed by atoms with van der Waals surface area (Å²) in [5, 5.41) is 2.62. The number of hydrogen-bond acceptors (Lipinski definition) is 3. The highest BCUT2D eigenvalue weighted by Gasteiger charge is 2.34. The fourth-order valence-corrected chi connectivity index (χ4v) is 2.54. The van der Waals surface area contributed by atoms with Crippen molar-refractivity contribution in [2.45, 2.75) is 25.4 Å². The minimum Gasteiger partial charge on any atom is -0.497 e. The molecule has 0 bridgehead atoms. The highest BCUT2D eigenvalue weighted by molar-refractivity contribution is 5.94. The number of carbonyl (C=O) groups excluding carboxylic acids is 1. The average Bonchev–Trinajstić information content (AvgIpc) is 2.56. The molecular formula is C18H20ClF3N2O2. The van der Waals surface area contributed by atoms with Gasteiger partial charge in [0.25, 0.3) is 0 Å². The number of anilines is 2. The lowest BCUT2D eigenvalue weighted by atomic mass is 9.92. The first-order valence-electron chi connectivity index (χ1n) is 7.62. The van der Waals surface area contributed by atoms with Gasteiger partial charge in [0.2, 0.25) is 5.91 Å². The number of alkyl halides is 3. The highest BCUT2D eigenvalue weighted by Crippen LogP contribution is 2.36. The zero-order valence-electron chi connectivity index (χ0n) is 14.3. The molecule has 0 spiro atoms. The Bertz CT molecular complexity index is 766. The Kier molecular flexibility index (Phi) is 7.32. The van der Waals surface area contributed by atoms with E-state index in [9.17, 15) is 18.0 Å². The number of rotatable bonds is 5. The third-order valence-electron chi connectivity index (χ3n) is 3.82. The van der Waals surface area contributed by atoms with Crippen LogP contribution in [0.4, 0.5) is 24.5 Å². The summed E-state index contributed by atoms with van der Waals surface area (Å²) in [4.78, 5) is 12.2. The molecule has 4 nitrogen and oxygen atoms in total. The Morgan fingerprint density at radius 3 is 2.50 bits per heavy atom. The predicted octanol–water partition coefficient (Wildman–Crippen LogP) is 4.85. The van der Waals surface area contributed by atoms with Crippen molar-refractivity contribution in [1.82, 2.24) is 0 Å². The van der Waals surface area contributed by atoms with Gasteiger partial charge in [0, 0.05) is 12.5 Å². The average molecular weight is 389 g/mol. The normalized spacial score (nSPS) is 12.0. The molecule has 3 N–H and O–H groups in total. The quantitative estimate of drug-likeness (QED) is 0.719. The number of halogens is 4. The molecule has 26 heavy (non-hydrogen) atoms. The third-order valence-corrected chi connectivity index (χ3v) is 3.82. The lowest BCUT2D eigenvalue weighted by Crippen LogP contribution is -2.17. The summed E-state index contributed by atoms with van der Waals surface area (Å²) < 4.78 is 44.4. The van der Waals surface area contributed by atoms with Crippen molar-refractivity contribution in [3.05, 3.63) is 53.6 Å². The SMILES string of the molecule is COc1ccc(N)c(NC(=O)CC(C)c2ccccc2C(F)(F)F)c1.Cl. The van der Waals surface area contributed by atoms with Gasteiger partial charge in [0.1, 0.15) is 5.75 Å². The third kappa shape index (κ3) is 5.29. The van der Waals surface area contributed by atoms with Gasteiger partial charge in [0.05, 0.1) is 24.0 Å². The first-order chi connectivity index (χ1) is 11.7. The van der Waals surface area contributed by atoms with Gasteiger partial charge >= 0.3 is 6.18 Å². The summed E-state index contributed by atoms with van der Waals surface area (Å²) in [7, 11) is 1.48. The fraction of sp³-hybridized carbons (Fsp3) is 0.278. The van der Waals surface area contributed by atoms with Crippen LogP contribution in [0.5, 0.6) is 5.75 Å². The maximum Gasteiger partial charge on any atom is 0.416 e. The van der Waals surface area contributed by atoms with E-state index in [2.05, 4.69) is 5.32 Å². The molecule has 0 fully saturated rings. The Hall–Kier alpha value is -2.41. The maximum atomic E-state index is 13.1. The minimum absolute atomic E-state index is 0. The molecule has 0 radical (unpaired) electrons. The van der Waals surface area contributed by atoms with Crippen LogP contribution in [0, 0.1) is 0 Å². The van der Waals surface area contributed by atoms with Crippen molar-refractivity contribution in [2.24, 2.45) is 0 Å². The molecule has 1 unspecified atom stereocenters. The van der Waals surface area contributed by atoms with Gasteiger partial charge in [-0.2, -0.15) is 13.2 Å². The van der Waals surface area contributed by atoms with E-state index in [1.165, 1.54) is 25.3 Å². The van der Waals surface area contributed by atoms with Crippen LogP contribution in [0.15, 0.2) is 42.5 Å². The van der Waals surface area contributed by atoms with Crippen molar-refractivity contribution in [1.29, 1.82) is 0 Å². The van der Waals surface area contributed by atoms with Gasteiger partial charge in [-0.15, -0.1) is 12.4 Å². The van der Waals surface area contributed by atoms with Crippen LogP contribution in [0.3, 0.4) is 0 Å². The number of ether oxygens (including phenoxy) is 1. The van der Waals surface area contributed by atoms with E-state index < -0.39 is 23.6 Å². The number of nitrogen functional groups attached to an aromatic ring is 1. The number of amides is 1. The van der Waals surface area contributed by atoms with Gasteiger partial charge in [-0.3, -0.25) is 4.79 Å². The van der Waals surface area contributed by atoms with Crippen molar-refractivity contribution in [2.75, 3.05) is 18.2 Å². The minimum atomic E-state index is -4.46. The van der Waals surface area contributed by atoms with E-state index in [0.29, 0.717) is 17.1 Å². The van der Waals surface area contributed by atoms with Crippen molar-refractivity contribution in [3.63, 3.8) is 0 Å². The summed E-state index contributed by atoms with van der Waals surface area (Å²) in [5.74, 6) is -0.519. The second kappa shape index (κ2) is 8.80. The largest absolute Gasteiger partial charge is 0.497 e. The molecule has 2 rings (SSSR count). The summed E-state index contributed by atoms with van der Waals surface area (Å²) in [5.41, 5.74) is 5.86. The van der Waals surface area contributed by atoms with Crippen LogP contribution in [-0.4, -0.2) is 13.0 Å². The van der Waals surface area contributed by atoms with E-state index in [1.54, 1.807) is 25.1 Å². The lowest BCUT2D eigenvalue weighted by molar-refractivity contribution is -0.138. The Morgan fingerprint density at radius 1 is 1.23 bits per heavy atom. The van der Waals surface area contributed by atoms with E-state index in [0.717, 1.165) is 6.07 Å². The predicted molar refractivity (Wildman–Crippen MR) is 97.8 cm³/mol. The second-order valence-electron chi connectivity index (χ2n) is 5.69. The molecular weight excluding hydrogens is 369 g/mol. The van der Waals surface area contributed by atoms with Crippen LogP contribution in [-0.2, 0) is 11.0 Å². The fourth-order valence-electron chi connectivity index (χ4n) is 2.54. The number of methoxy groups -OCH3 is 1. The smallest absolute Gasteiger partial charge is 0.416 e. The molecule has 0 aliphatic carbocycles. The molecule has 2 aromatic rings. The van der Waals surface area contributed by atoms with E-state index in [4.69, 9.17) is 10.5 Å². The molecule has 0 saturated carbocycles. The first kappa shape index (κ1) is 21.6. The summed E-state index contributed by atoms with van der Waals surface area (Å²) >= 11 is 0. The molecule has 0 aromatic heterocycles. The second-order valence-corrected chi connectivity index (χ2v) is 5.69. The molecule has 142 valence electrons. The molecule has 0 aliphatic rings. The standard InChI is InChI=1S/C18H19F3N2O2.ClH/c1-11(13-5-3-4-6-14(13)18(19,20)21)9-17(24)23-16-10-12(25-2)7-8-15(16)22;/h3-8,10-11H,9,22H2,1-2H3,(H,23,24);1H. The number of nitrogens with two attached hydrogens (primary N) is 1. The van der Waals surface area contributed by atoms with Crippen molar-refractivity contribution in [3.8, 4) is 5.75 Å². The monoisotopic (exact) mass is 388 g/mol. The van der Waals surface area contributed by atoms with Crippen molar-refractivity contribution < 1.29 is 22.7 Å². The number of benzene rings is 2. The van der Waals surface area contributed by atoms with E-state index in [-0.39, 0.29) is 24.4 Å². The lowest BCUT2D eigenvalue weighted by Gasteiger charge is -2.18. The van der Waals surface area contributed by atoms with Crippen LogP contribution in [0.2, 0.25) is 0 Å². The molecule has 0 heterocycles. The zero-order valence-corrected chi connectivity index (χ0v) is 15.1. The van der Waals surface area contributed by atoms with E-state index in [1.807, 2.05) is 0 Å². The molecule has 0 saturated heterocycles. The summed E-state index contributed by atoms with van der Waals surface area (Å²) in [6.45, 7) is 1.58. The number of nitrogens with one attached hydrogen (secondary N) is 1. The Labute approximate surface area is 155 Å². The van der Waals surface area contributed by atoms with Crippen molar-refractivity contribution >= 4 is 29.7 Å². The summed E-state index contributed by atoms with van der Waals surface area (Å²) in [6, 6.07) is 10.0. The number of hydrogen-bond donors (Lipinski definition) is 2. The first-order valence-corrected chi connectivity index (χ1v) is 7.62. The Balaban J connectivity index is 0.00000338. The number of carbonyl (C=O) groups is 1. The van der Waals surface area contributed by atoms with Gasteiger partial charge in [-0.1, -0.05) is 25.1 Å². The zero-order chi connectivity index (χ0) is 18.6. The van der Waals surface area contributed by atoms with Crippen LogP contribution in [0.1, 0.15) is 30.4 Å². The van der Waals surface area contributed by atoms with Crippen LogP contribution < -0.4 is 15.8 Å². The van der Waals surface area contributed by atoms with Crippen LogP contribution >= 0.6 is 12.4 Å².